The number of sulfone groups is 1. The molecule has 0 atom stereocenters. The third-order valence-corrected chi connectivity index (χ3v) is 3.93. The molecular formula is C14H21NO5S. The molecular weight excluding hydrogens is 294 g/mol. The highest BCUT2D eigenvalue weighted by atomic mass is 32.2. The van der Waals surface area contributed by atoms with Crippen molar-refractivity contribution in [3.63, 3.8) is 0 Å². The largest absolute Gasteiger partial charge is 0.478 e. The molecule has 0 aliphatic carbocycles. The molecule has 118 valence electrons. The first-order chi connectivity index (χ1) is 9.86. The van der Waals surface area contributed by atoms with E-state index in [9.17, 15) is 13.2 Å². The van der Waals surface area contributed by atoms with Crippen LogP contribution in [0.2, 0.25) is 0 Å². The number of aromatic carboxylic acids is 1. The summed E-state index contributed by atoms with van der Waals surface area (Å²) >= 11 is 0. The number of hydrogen-bond acceptors (Lipinski definition) is 5. The van der Waals surface area contributed by atoms with Gasteiger partial charge in [0.25, 0.3) is 0 Å². The van der Waals surface area contributed by atoms with Crippen molar-refractivity contribution in [2.75, 3.05) is 26.0 Å². The Balaban J connectivity index is 2.75. The number of carbonyl (C=O) groups is 1. The highest BCUT2D eigenvalue weighted by Crippen LogP contribution is 2.16. The van der Waals surface area contributed by atoms with Gasteiger partial charge in [-0.05, 0) is 30.2 Å². The number of nitrogens with one attached hydrogen (secondary N) is 1. The van der Waals surface area contributed by atoms with E-state index in [0.717, 1.165) is 12.7 Å². The Kier molecular flexibility index (Phi) is 6.80. The van der Waals surface area contributed by atoms with Gasteiger partial charge < -0.3 is 15.2 Å². The highest BCUT2D eigenvalue weighted by molar-refractivity contribution is 7.90. The summed E-state index contributed by atoms with van der Waals surface area (Å²) in [5, 5.41) is 12.2. The SMILES string of the molecule is CCCOCCNCc1cc(S(C)(=O)=O)ccc1C(=O)O. The molecule has 0 saturated heterocycles. The van der Waals surface area contributed by atoms with Gasteiger partial charge in [0.05, 0.1) is 17.1 Å². The Morgan fingerprint density at radius 1 is 1.33 bits per heavy atom. The third-order valence-electron chi connectivity index (χ3n) is 2.82. The molecule has 7 heteroatoms. The van der Waals surface area contributed by atoms with E-state index in [1.807, 2.05) is 6.92 Å². The van der Waals surface area contributed by atoms with Crippen molar-refractivity contribution < 1.29 is 23.1 Å². The predicted octanol–water partition coefficient (Wildman–Crippen LogP) is 1.30. The predicted molar refractivity (Wildman–Crippen MR) is 79.3 cm³/mol. The molecule has 0 amide bonds. The topological polar surface area (TPSA) is 92.7 Å². The molecule has 21 heavy (non-hydrogen) atoms. The molecule has 0 radical (unpaired) electrons. The average molecular weight is 315 g/mol. The van der Waals surface area contributed by atoms with E-state index in [-0.39, 0.29) is 17.0 Å². The van der Waals surface area contributed by atoms with E-state index in [1.54, 1.807) is 0 Å². The second-order valence-corrected chi connectivity index (χ2v) is 6.70. The normalized spacial score (nSPS) is 11.5. The second-order valence-electron chi connectivity index (χ2n) is 4.69. The van der Waals surface area contributed by atoms with Crippen molar-refractivity contribution in [2.24, 2.45) is 0 Å². The summed E-state index contributed by atoms with van der Waals surface area (Å²) in [7, 11) is -3.36. The van der Waals surface area contributed by atoms with Crippen molar-refractivity contribution in [3.8, 4) is 0 Å². The maximum Gasteiger partial charge on any atom is 0.336 e. The molecule has 0 unspecified atom stereocenters. The quantitative estimate of drug-likeness (QED) is 0.667. The smallest absolute Gasteiger partial charge is 0.336 e. The van der Waals surface area contributed by atoms with Gasteiger partial charge in [0.1, 0.15) is 0 Å². The zero-order valence-corrected chi connectivity index (χ0v) is 13.1. The molecule has 1 aromatic rings. The van der Waals surface area contributed by atoms with Gasteiger partial charge in [-0.3, -0.25) is 0 Å². The van der Waals surface area contributed by atoms with Crippen LogP contribution in [0.25, 0.3) is 0 Å². The Hall–Kier alpha value is -1.44. The van der Waals surface area contributed by atoms with Gasteiger partial charge >= 0.3 is 5.97 Å². The monoisotopic (exact) mass is 315 g/mol. The molecule has 0 aliphatic heterocycles. The fraction of sp³-hybridized carbons (Fsp3) is 0.500. The van der Waals surface area contributed by atoms with Crippen LogP contribution in [0.5, 0.6) is 0 Å². The van der Waals surface area contributed by atoms with Crippen LogP contribution in [0.15, 0.2) is 23.1 Å². The maximum atomic E-state index is 11.5. The van der Waals surface area contributed by atoms with Crippen LogP contribution in [-0.2, 0) is 21.1 Å². The fourth-order valence-corrected chi connectivity index (χ4v) is 2.44. The number of benzene rings is 1. The van der Waals surface area contributed by atoms with Crippen LogP contribution in [0, 0.1) is 0 Å². The average Bonchev–Trinajstić information content (AvgIpc) is 2.41. The van der Waals surface area contributed by atoms with Gasteiger partial charge in [0, 0.05) is 26.0 Å². The molecule has 0 aromatic heterocycles. The summed E-state index contributed by atoms with van der Waals surface area (Å²) in [4.78, 5) is 11.3. The maximum absolute atomic E-state index is 11.5. The van der Waals surface area contributed by atoms with Gasteiger partial charge in [-0.25, -0.2) is 13.2 Å². The van der Waals surface area contributed by atoms with E-state index < -0.39 is 15.8 Å². The second kappa shape index (κ2) is 8.11. The number of rotatable bonds is 9. The van der Waals surface area contributed by atoms with Crippen molar-refractivity contribution in [1.82, 2.24) is 5.32 Å². The minimum atomic E-state index is -3.36. The van der Waals surface area contributed by atoms with Crippen molar-refractivity contribution in [1.29, 1.82) is 0 Å². The van der Waals surface area contributed by atoms with Crippen LogP contribution in [-0.4, -0.2) is 45.5 Å². The van der Waals surface area contributed by atoms with Crippen LogP contribution >= 0.6 is 0 Å². The Morgan fingerprint density at radius 2 is 2.05 bits per heavy atom. The molecule has 2 N–H and O–H groups in total. The fourth-order valence-electron chi connectivity index (χ4n) is 1.77. The lowest BCUT2D eigenvalue weighted by Gasteiger charge is -2.10. The van der Waals surface area contributed by atoms with E-state index >= 15 is 0 Å². The highest BCUT2D eigenvalue weighted by Gasteiger charge is 2.14. The lowest BCUT2D eigenvalue weighted by atomic mass is 10.1. The molecule has 1 rings (SSSR count). The first-order valence-corrected chi connectivity index (χ1v) is 8.60. The first-order valence-electron chi connectivity index (χ1n) is 6.71. The van der Waals surface area contributed by atoms with Crippen molar-refractivity contribution in [3.05, 3.63) is 29.3 Å². The number of carboxylic acid groups (broad SMARTS) is 1. The van der Waals surface area contributed by atoms with Gasteiger partial charge in [0.15, 0.2) is 9.84 Å². The minimum absolute atomic E-state index is 0.101. The summed E-state index contributed by atoms with van der Waals surface area (Å²) < 4.78 is 28.4. The molecule has 0 aliphatic rings. The van der Waals surface area contributed by atoms with Crippen LogP contribution in [0.4, 0.5) is 0 Å². The lowest BCUT2D eigenvalue weighted by Crippen LogP contribution is -2.21. The van der Waals surface area contributed by atoms with Gasteiger partial charge in [0.2, 0.25) is 0 Å². The van der Waals surface area contributed by atoms with E-state index in [2.05, 4.69) is 5.32 Å². The molecule has 0 spiro atoms. The standard InChI is InChI=1S/C14H21NO5S/c1-3-7-20-8-6-15-10-11-9-12(21(2,18)19)4-5-13(11)14(16)17/h4-5,9,15H,3,6-8,10H2,1-2H3,(H,16,17). The first kappa shape index (κ1) is 17.6. The Bertz CT molecular complexity index is 583. The summed E-state index contributed by atoms with van der Waals surface area (Å²) in [5.74, 6) is -1.07. The summed E-state index contributed by atoms with van der Waals surface area (Å²) in [5.41, 5.74) is 0.547. The summed E-state index contributed by atoms with van der Waals surface area (Å²) in [6, 6.07) is 4.04. The third kappa shape index (κ3) is 5.82. The van der Waals surface area contributed by atoms with Crippen LogP contribution in [0.1, 0.15) is 29.3 Å². The molecule has 0 fully saturated rings. The zero-order chi connectivity index (χ0) is 15.9. The molecule has 0 heterocycles. The lowest BCUT2D eigenvalue weighted by molar-refractivity contribution is 0.0695. The molecule has 0 saturated carbocycles. The summed E-state index contributed by atoms with van der Waals surface area (Å²) in [6.45, 7) is 4.08. The van der Waals surface area contributed by atoms with E-state index in [0.29, 0.717) is 25.3 Å². The van der Waals surface area contributed by atoms with Crippen molar-refractivity contribution in [2.45, 2.75) is 24.8 Å². The van der Waals surface area contributed by atoms with Gasteiger partial charge in [-0.15, -0.1) is 0 Å². The van der Waals surface area contributed by atoms with E-state index in [4.69, 9.17) is 9.84 Å². The zero-order valence-electron chi connectivity index (χ0n) is 12.3. The van der Waals surface area contributed by atoms with Crippen LogP contribution in [0.3, 0.4) is 0 Å². The Morgan fingerprint density at radius 3 is 2.62 bits per heavy atom. The minimum Gasteiger partial charge on any atom is -0.478 e. The van der Waals surface area contributed by atoms with Gasteiger partial charge in [-0.2, -0.15) is 0 Å². The molecule has 6 nitrogen and oxygen atoms in total. The number of carboxylic acids is 1. The van der Waals surface area contributed by atoms with Crippen LogP contribution < -0.4 is 5.32 Å². The van der Waals surface area contributed by atoms with E-state index in [1.165, 1.54) is 18.2 Å². The summed E-state index contributed by atoms with van der Waals surface area (Å²) in [6.07, 6.45) is 2.04. The van der Waals surface area contributed by atoms with Crippen molar-refractivity contribution >= 4 is 15.8 Å². The Labute approximate surface area is 125 Å². The number of ether oxygens (including phenoxy) is 1. The number of hydrogen-bond donors (Lipinski definition) is 2. The van der Waals surface area contributed by atoms with Gasteiger partial charge in [-0.1, -0.05) is 6.92 Å². The molecule has 1 aromatic carbocycles. The molecule has 0 bridgehead atoms.